The van der Waals surface area contributed by atoms with E-state index in [0.717, 1.165) is 35.7 Å². The average Bonchev–Trinajstić information content (AvgIpc) is 3.62. The van der Waals surface area contributed by atoms with Crippen molar-refractivity contribution in [3.05, 3.63) is 42.1 Å². The molecule has 12 heteroatoms. The maximum atomic E-state index is 14.2. The molecule has 2 aromatic rings. The topological polar surface area (TPSA) is 133 Å². The Hall–Kier alpha value is -3.61. The highest BCUT2D eigenvalue weighted by atomic mass is 16.5. The van der Waals surface area contributed by atoms with Crippen LogP contribution in [0, 0.1) is 23.7 Å². The first-order valence-corrected chi connectivity index (χ1v) is 19.8. The fourth-order valence-electron chi connectivity index (χ4n) is 8.17. The quantitative estimate of drug-likeness (QED) is 0.202. The van der Waals surface area contributed by atoms with Gasteiger partial charge in [0.25, 0.3) is 0 Å². The van der Waals surface area contributed by atoms with Crippen LogP contribution in [0.3, 0.4) is 0 Å². The van der Waals surface area contributed by atoms with Gasteiger partial charge in [0.05, 0.1) is 48.2 Å². The Morgan fingerprint density at radius 3 is 2.26 bits per heavy atom. The standard InChI is InChI=1S/C42H68N6O6/c1-13-28(6)38(47(10)42(52)36(26(2)3)45-41(51)37(27(4)5)46(8)9)34(53-11)25-35(49)48-23-15-17-33(48)39(54-12)29(7)40(50)44-22-20-30-18-19-31-16-14-21-43-32(31)24-30/h14,16,18-19,21,24,26-29,33-34,36-39H,13,15,17,20,22-23,25H2,1-12H3,(H,44,50)(H,45,51)/t28-,29+,33-,34+,36-,37?,38?,39+/m0/s1. The summed E-state index contributed by atoms with van der Waals surface area (Å²) in [4.78, 5) is 65.1. The predicted octanol–water partition coefficient (Wildman–Crippen LogP) is 4.54. The highest BCUT2D eigenvalue weighted by molar-refractivity contribution is 5.90. The van der Waals surface area contributed by atoms with E-state index >= 15 is 0 Å². The van der Waals surface area contributed by atoms with Crippen molar-refractivity contribution in [1.29, 1.82) is 0 Å². The van der Waals surface area contributed by atoms with E-state index in [1.807, 2.05) is 82.8 Å². The van der Waals surface area contributed by atoms with Crippen molar-refractivity contribution >= 4 is 34.5 Å². The van der Waals surface area contributed by atoms with E-state index in [4.69, 9.17) is 9.47 Å². The summed E-state index contributed by atoms with van der Waals surface area (Å²) in [6.07, 6.45) is 3.69. The van der Waals surface area contributed by atoms with E-state index < -0.39 is 30.2 Å². The summed E-state index contributed by atoms with van der Waals surface area (Å²) in [7, 11) is 8.66. The van der Waals surface area contributed by atoms with E-state index in [1.54, 1.807) is 32.4 Å². The molecular weight excluding hydrogens is 684 g/mol. The Balaban J connectivity index is 1.71. The number of methoxy groups -OCH3 is 2. The number of rotatable bonds is 20. The normalized spacial score (nSPS) is 18.6. The summed E-state index contributed by atoms with van der Waals surface area (Å²) >= 11 is 0. The predicted molar refractivity (Wildman–Crippen MR) is 214 cm³/mol. The van der Waals surface area contributed by atoms with Crippen molar-refractivity contribution in [3.8, 4) is 0 Å². The highest BCUT2D eigenvalue weighted by Crippen LogP contribution is 2.30. The molecule has 0 saturated carbocycles. The summed E-state index contributed by atoms with van der Waals surface area (Å²) in [5.74, 6) is -1.22. The molecule has 8 atom stereocenters. The number of ether oxygens (including phenoxy) is 2. The second-order valence-electron chi connectivity index (χ2n) is 16.0. The smallest absolute Gasteiger partial charge is 0.245 e. The zero-order valence-electron chi connectivity index (χ0n) is 34.9. The van der Waals surface area contributed by atoms with E-state index in [2.05, 4.69) is 35.5 Å². The van der Waals surface area contributed by atoms with Crippen LogP contribution in [0.2, 0.25) is 0 Å². The monoisotopic (exact) mass is 753 g/mol. The molecule has 2 N–H and O–H groups in total. The maximum absolute atomic E-state index is 14.2. The lowest BCUT2D eigenvalue weighted by molar-refractivity contribution is -0.148. The molecule has 4 amide bonds. The summed E-state index contributed by atoms with van der Waals surface area (Å²) in [6.45, 7) is 14.8. The second kappa shape index (κ2) is 20.9. The second-order valence-corrected chi connectivity index (χ2v) is 16.0. The molecule has 1 aliphatic heterocycles. The van der Waals surface area contributed by atoms with Gasteiger partial charge in [-0.2, -0.15) is 0 Å². The zero-order chi connectivity index (χ0) is 40.3. The molecule has 1 aromatic carbocycles. The van der Waals surface area contributed by atoms with Gasteiger partial charge in [0, 0.05) is 45.9 Å². The maximum Gasteiger partial charge on any atom is 0.245 e. The molecule has 0 radical (unpaired) electrons. The minimum Gasteiger partial charge on any atom is -0.379 e. The summed E-state index contributed by atoms with van der Waals surface area (Å²) in [5.41, 5.74) is 2.02. The Morgan fingerprint density at radius 1 is 0.963 bits per heavy atom. The minimum atomic E-state index is -0.744. The number of carbonyl (C=O) groups is 4. The third kappa shape index (κ3) is 11.2. The molecule has 0 aliphatic carbocycles. The molecule has 0 bridgehead atoms. The van der Waals surface area contributed by atoms with Crippen LogP contribution in [-0.2, 0) is 35.1 Å². The van der Waals surface area contributed by atoms with Crippen LogP contribution >= 0.6 is 0 Å². The minimum absolute atomic E-state index is 0.00101. The van der Waals surface area contributed by atoms with Crippen LogP contribution in [0.4, 0.5) is 0 Å². The lowest BCUT2D eigenvalue weighted by Crippen LogP contribution is -2.59. The van der Waals surface area contributed by atoms with Gasteiger partial charge in [0.2, 0.25) is 23.6 Å². The molecule has 1 aromatic heterocycles. The van der Waals surface area contributed by atoms with Crippen molar-refractivity contribution in [2.24, 2.45) is 23.7 Å². The van der Waals surface area contributed by atoms with Gasteiger partial charge >= 0.3 is 0 Å². The molecular formula is C42H68N6O6. The van der Waals surface area contributed by atoms with Crippen LogP contribution < -0.4 is 10.6 Å². The Bertz CT molecular complexity index is 1530. The fourth-order valence-corrected chi connectivity index (χ4v) is 8.17. The van der Waals surface area contributed by atoms with Crippen LogP contribution in [-0.4, -0.2) is 128 Å². The summed E-state index contributed by atoms with van der Waals surface area (Å²) in [6, 6.07) is 8.26. The number of nitrogens with one attached hydrogen (secondary N) is 2. The van der Waals surface area contributed by atoms with Crippen molar-refractivity contribution in [2.75, 3.05) is 48.5 Å². The molecule has 12 nitrogen and oxygen atoms in total. The number of hydrogen-bond acceptors (Lipinski definition) is 8. The van der Waals surface area contributed by atoms with Gasteiger partial charge in [-0.25, -0.2) is 0 Å². The number of amides is 4. The van der Waals surface area contributed by atoms with Gasteiger partial charge in [-0.3, -0.25) is 29.1 Å². The number of likely N-dealkylation sites (tertiary alicyclic amines) is 1. The van der Waals surface area contributed by atoms with Crippen LogP contribution in [0.1, 0.15) is 79.7 Å². The largest absolute Gasteiger partial charge is 0.379 e. The molecule has 302 valence electrons. The van der Waals surface area contributed by atoms with Crippen molar-refractivity contribution < 1.29 is 28.7 Å². The lowest BCUT2D eigenvalue weighted by atomic mass is 9.89. The summed E-state index contributed by atoms with van der Waals surface area (Å²) in [5, 5.41) is 7.20. The van der Waals surface area contributed by atoms with Crippen molar-refractivity contribution in [1.82, 2.24) is 30.3 Å². The first-order valence-electron chi connectivity index (χ1n) is 19.8. The number of fused-ring (bicyclic) bond motifs is 1. The van der Waals surface area contributed by atoms with Gasteiger partial charge < -0.3 is 29.9 Å². The van der Waals surface area contributed by atoms with Gasteiger partial charge in [-0.1, -0.05) is 73.1 Å². The van der Waals surface area contributed by atoms with E-state index in [0.29, 0.717) is 19.5 Å². The molecule has 0 spiro atoms. The molecule has 1 fully saturated rings. The van der Waals surface area contributed by atoms with Crippen LogP contribution in [0.15, 0.2) is 36.5 Å². The van der Waals surface area contributed by atoms with E-state index in [9.17, 15) is 19.2 Å². The van der Waals surface area contributed by atoms with Crippen molar-refractivity contribution in [3.63, 3.8) is 0 Å². The fraction of sp³-hybridized carbons (Fsp3) is 0.690. The van der Waals surface area contributed by atoms with Crippen LogP contribution in [0.5, 0.6) is 0 Å². The van der Waals surface area contributed by atoms with Gasteiger partial charge in [0.1, 0.15) is 6.04 Å². The number of carbonyl (C=O) groups excluding carboxylic acids is 4. The number of pyridine rings is 1. The molecule has 2 unspecified atom stereocenters. The van der Waals surface area contributed by atoms with Gasteiger partial charge in [0.15, 0.2) is 0 Å². The Morgan fingerprint density at radius 2 is 1.67 bits per heavy atom. The number of benzene rings is 1. The highest BCUT2D eigenvalue weighted by Gasteiger charge is 2.43. The molecule has 2 heterocycles. The first-order chi connectivity index (χ1) is 25.6. The zero-order valence-corrected chi connectivity index (χ0v) is 34.9. The molecule has 54 heavy (non-hydrogen) atoms. The number of nitrogens with zero attached hydrogens (tertiary/aromatic N) is 4. The molecule has 1 aliphatic rings. The number of hydrogen-bond donors (Lipinski definition) is 2. The Kier molecular flexibility index (Phi) is 17.3. The first kappa shape index (κ1) is 44.8. The number of likely N-dealkylation sites (N-methyl/N-ethyl adjacent to an activating group) is 2. The molecule has 1 saturated heterocycles. The average molecular weight is 753 g/mol. The summed E-state index contributed by atoms with van der Waals surface area (Å²) < 4.78 is 12.0. The van der Waals surface area contributed by atoms with E-state index in [1.165, 1.54) is 0 Å². The van der Waals surface area contributed by atoms with Gasteiger partial charge in [-0.15, -0.1) is 0 Å². The van der Waals surface area contributed by atoms with E-state index in [-0.39, 0.29) is 59.9 Å². The third-order valence-corrected chi connectivity index (χ3v) is 11.3. The Labute approximate surface area is 324 Å². The number of aromatic nitrogens is 1. The van der Waals surface area contributed by atoms with Crippen molar-refractivity contribution in [2.45, 2.75) is 117 Å². The third-order valence-electron chi connectivity index (χ3n) is 11.3. The van der Waals surface area contributed by atoms with Crippen LogP contribution in [0.25, 0.3) is 10.9 Å². The SMILES string of the molecule is CC[C@H](C)C([C@@H](CC(=O)N1CCC[C@H]1[C@H](OC)[C@@H](C)C(=O)NCCc1ccc2cccnc2c1)OC)N(C)C(=O)[C@@H](NC(=O)C(C(C)C)N(C)C)C(C)C. The molecule has 3 rings (SSSR count). The lowest BCUT2D eigenvalue weighted by Gasteiger charge is -2.41. The van der Waals surface area contributed by atoms with Gasteiger partial charge in [-0.05, 0) is 68.8 Å².